The smallest absolute Gasteiger partial charge is 0.228 e. The number of aromatic nitrogens is 1. The van der Waals surface area contributed by atoms with E-state index in [0.717, 1.165) is 40.5 Å². The molecule has 0 aliphatic carbocycles. The van der Waals surface area contributed by atoms with Crippen molar-refractivity contribution in [1.29, 1.82) is 0 Å². The van der Waals surface area contributed by atoms with Gasteiger partial charge in [-0.05, 0) is 71.5 Å². The lowest BCUT2D eigenvalue weighted by Crippen LogP contribution is -2.32. The van der Waals surface area contributed by atoms with Crippen LogP contribution < -0.4 is 14.2 Å². The van der Waals surface area contributed by atoms with Crippen molar-refractivity contribution in [2.75, 3.05) is 4.90 Å². The maximum atomic E-state index is 7.12. The average Bonchev–Trinajstić information content (AvgIpc) is 2.97. The van der Waals surface area contributed by atoms with Crippen LogP contribution in [0.3, 0.4) is 0 Å². The highest BCUT2D eigenvalue weighted by molar-refractivity contribution is 6.12. The Balaban J connectivity index is 1.63. The lowest BCUT2D eigenvalue weighted by molar-refractivity contribution is -0.659. The molecule has 3 nitrogen and oxygen atoms in total. The minimum Gasteiger partial charge on any atom is -0.453 e. The number of aryl methyl sites for hydroxylation is 2. The molecule has 0 saturated heterocycles. The summed E-state index contributed by atoms with van der Waals surface area (Å²) in [6.07, 6.45) is 3.20. The van der Waals surface area contributed by atoms with Crippen LogP contribution in [0.15, 0.2) is 109 Å². The predicted molar refractivity (Wildman–Crippen MR) is 166 cm³/mol. The third-order valence-electron chi connectivity index (χ3n) is 8.01. The summed E-state index contributed by atoms with van der Waals surface area (Å²) in [4.78, 5) is 2.35. The molecule has 7 rings (SSSR count). The Kier molecular flexibility index (Phi) is 5.82. The first kappa shape index (κ1) is 24.4. The van der Waals surface area contributed by atoms with Gasteiger partial charge in [0.15, 0.2) is 11.9 Å². The van der Waals surface area contributed by atoms with Crippen molar-refractivity contribution >= 4 is 38.6 Å². The molecule has 2 heterocycles. The van der Waals surface area contributed by atoms with Gasteiger partial charge in [0.2, 0.25) is 5.69 Å². The number of pyridine rings is 1. The molecule has 1 aliphatic rings. The summed E-state index contributed by atoms with van der Waals surface area (Å²) in [5.74, 6) is 2.40. The van der Waals surface area contributed by atoms with Crippen molar-refractivity contribution in [2.24, 2.45) is 13.0 Å². The standard InChI is InChI=1S/C37H33N2O/c1-24(2)21-26-22-27-19-20-38(4)36-33-25(3)30-17-11-12-18-31(30)35(37(33)40-32(23-26)34(27)36)39(28-13-7-5-8-14-28)29-15-9-6-10-16-29/h5-20,22-24H,21H2,1-4H3/q+1. The van der Waals surface area contributed by atoms with Gasteiger partial charge in [-0.3, -0.25) is 0 Å². The van der Waals surface area contributed by atoms with Crippen LogP contribution in [-0.4, -0.2) is 0 Å². The Labute approximate surface area is 235 Å². The molecule has 40 heavy (non-hydrogen) atoms. The lowest BCUT2D eigenvalue weighted by Gasteiger charge is -2.32. The van der Waals surface area contributed by atoms with Crippen LogP contribution in [0.2, 0.25) is 0 Å². The van der Waals surface area contributed by atoms with Gasteiger partial charge in [-0.25, -0.2) is 4.57 Å². The van der Waals surface area contributed by atoms with Gasteiger partial charge in [-0.1, -0.05) is 80.6 Å². The summed E-state index contributed by atoms with van der Waals surface area (Å²) in [6.45, 7) is 6.78. The molecule has 0 atom stereocenters. The molecule has 5 aromatic carbocycles. The van der Waals surface area contributed by atoms with Gasteiger partial charge in [-0.15, -0.1) is 0 Å². The van der Waals surface area contributed by atoms with Gasteiger partial charge in [0.1, 0.15) is 12.8 Å². The monoisotopic (exact) mass is 521 g/mol. The van der Waals surface area contributed by atoms with E-state index >= 15 is 0 Å². The zero-order valence-corrected chi connectivity index (χ0v) is 23.5. The van der Waals surface area contributed by atoms with E-state index in [9.17, 15) is 0 Å². The van der Waals surface area contributed by atoms with Gasteiger partial charge in [0.25, 0.3) is 0 Å². The fourth-order valence-corrected chi connectivity index (χ4v) is 6.34. The van der Waals surface area contributed by atoms with Crippen LogP contribution in [0.25, 0.3) is 32.8 Å². The Bertz CT molecular complexity index is 1850. The molecule has 0 N–H and O–H groups in total. The number of ether oxygens (including phenoxy) is 1. The van der Waals surface area contributed by atoms with Crippen LogP contribution in [-0.2, 0) is 13.5 Å². The van der Waals surface area contributed by atoms with E-state index in [2.05, 4.69) is 147 Å². The fraction of sp³-hybridized carbons (Fsp3) is 0.162. The third kappa shape index (κ3) is 3.84. The van der Waals surface area contributed by atoms with Crippen LogP contribution in [0.1, 0.15) is 25.0 Å². The fourth-order valence-electron chi connectivity index (χ4n) is 6.34. The second-order valence-electron chi connectivity index (χ2n) is 11.3. The molecule has 0 unspecified atom stereocenters. The molecule has 0 fully saturated rings. The molecule has 0 bridgehead atoms. The predicted octanol–water partition coefficient (Wildman–Crippen LogP) is 9.57. The van der Waals surface area contributed by atoms with Crippen LogP contribution >= 0.6 is 0 Å². The molecule has 196 valence electrons. The summed E-state index contributed by atoms with van der Waals surface area (Å²) in [7, 11) is 2.15. The molecule has 6 aromatic rings. The summed E-state index contributed by atoms with van der Waals surface area (Å²) >= 11 is 0. The largest absolute Gasteiger partial charge is 0.453 e. The van der Waals surface area contributed by atoms with Crippen molar-refractivity contribution in [1.82, 2.24) is 0 Å². The summed E-state index contributed by atoms with van der Waals surface area (Å²) in [5, 5.41) is 4.81. The summed E-state index contributed by atoms with van der Waals surface area (Å²) < 4.78 is 9.38. The maximum Gasteiger partial charge on any atom is 0.228 e. The molecule has 1 aliphatic heterocycles. The van der Waals surface area contributed by atoms with E-state index in [1.165, 1.54) is 38.4 Å². The van der Waals surface area contributed by atoms with Gasteiger partial charge in [0, 0.05) is 22.8 Å². The summed E-state index contributed by atoms with van der Waals surface area (Å²) in [6, 6.07) is 36.8. The average molecular weight is 522 g/mol. The molecular weight excluding hydrogens is 488 g/mol. The Morgan fingerprint density at radius 3 is 2.05 bits per heavy atom. The molecule has 0 saturated carbocycles. The number of fused-ring (bicyclic) bond motifs is 3. The van der Waals surface area contributed by atoms with E-state index < -0.39 is 0 Å². The van der Waals surface area contributed by atoms with Gasteiger partial charge >= 0.3 is 0 Å². The van der Waals surface area contributed by atoms with E-state index in [1.807, 2.05) is 0 Å². The minimum atomic E-state index is 0.563. The van der Waals surface area contributed by atoms with Crippen molar-refractivity contribution in [3.8, 4) is 22.8 Å². The Morgan fingerprint density at radius 2 is 1.40 bits per heavy atom. The molecule has 1 aromatic heterocycles. The third-order valence-corrected chi connectivity index (χ3v) is 8.01. The number of rotatable bonds is 5. The minimum absolute atomic E-state index is 0.563. The lowest BCUT2D eigenvalue weighted by atomic mass is 9.89. The topological polar surface area (TPSA) is 16.4 Å². The van der Waals surface area contributed by atoms with Crippen molar-refractivity contribution in [3.05, 3.63) is 120 Å². The highest BCUT2D eigenvalue weighted by atomic mass is 16.5. The number of para-hydroxylation sites is 2. The highest BCUT2D eigenvalue weighted by Crippen LogP contribution is 2.56. The molecule has 3 heteroatoms. The van der Waals surface area contributed by atoms with Crippen LogP contribution in [0, 0.1) is 12.8 Å². The first-order chi connectivity index (χ1) is 19.5. The molecule has 0 radical (unpaired) electrons. The Hall–Kier alpha value is -4.63. The second kappa shape index (κ2) is 9.53. The zero-order chi connectivity index (χ0) is 27.4. The second-order valence-corrected chi connectivity index (χ2v) is 11.3. The van der Waals surface area contributed by atoms with E-state index in [0.29, 0.717) is 5.92 Å². The highest BCUT2D eigenvalue weighted by Gasteiger charge is 2.35. The number of benzene rings is 5. The maximum absolute atomic E-state index is 7.12. The number of hydrogen-bond acceptors (Lipinski definition) is 2. The SMILES string of the molecule is Cc1c2c(c(N(c3ccccc3)c3ccccc3)c3ccccc13)Oc1cc(CC(C)C)cc3cc[n+](C)c-2c13. The number of nitrogens with zero attached hydrogens (tertiary/aromatic N) is 2. The van der Waals surface area contributed by atoms with Gasteiger partial charge in [0.05, 0.1) is 16.6 Å². The van der Waals surface area contributed by atoms with Crippen LogP contribution in [0.4, 0.5) is 17.1 Å². The molecular formula is C37H33N2O+. The van der Waals surface area contributed by atoms with Crippen molar-refractivity contribution < 1.29 is 9.30 Å². The van der Waals surface area contributed by atoms with E-state index in [4.69, 9.17) is 4.74 Å². The van der Waals surface area contributed by atoms with E-state index in [-0.39, 0.29) is 0 Å². The molecule has 0 spiro atoms. The van der Waals surface area contributed by atoms with Gasteiger partial charge < -0.3 is 9.64 Å². The van der Waals surface area contributed by atoms with Crippen molar-refractivity contribution in [3.63, 3.8) is 0 Å². The molecule has 0 amide bonds. The van der Waals surface area contributed by atoms with Crippen LogP contribution in [0.5, 0.6) is 11.5 Å². The number of anilines is 3. The first-order valence-corrected chi connectivity index (χ1v) is 14.1. The normalized spacial score (nSPS) is 12.0. The number of hydrogen-bond donors (Lipinski definition) is 0. The van der Waals surface area contributed by atoms with E-state index in [1.54, 1.807) is 0 Å². The quantitative estimate of drug-likeness (QED) is 0.210. The zero-order valence-electron chi connectivity index (χ0n) is 23.5. The first-order valence-electron chi connectivity index (χ1n) is 14.1. The van der Waals surface area contributed by atoms with Gasteiger partial charge in [-0.2, -0.15) is 0 Å². The Morgan fingerprint density at radius 1 is 0.775 bits per heavy atom. The summed E-state index contributed by atoms with van der Waals surface area (Å²) in [5.41, 5.74) is 8.15. The van der Waals surface area contributed by atoms with Crippen molar-refractivity contribution in [2.45, 2.75) is 27.2 Å².